The molecular formula is C28H41N5O4. The van der Waals surface area contributed by atoms with Crippen LogP contribution in [0.4, 0.5) is 5.82 Å². The lowest BCUT2D eigenvalue weighted by atomic mass is 9.93. The van der Waals surface area contributed by atoms with Crippen molar-refractivity contribution in [2.45, 2.75) is 71.7 Å². The van der Waals surface area contributed by atoms with Crippen LogP contribution in [0.3, 0.4) is 0 Å². The van der Waals surface area contributed by atoms with E-state index in [1.807, 2.05) is 37.8 Å². The third-order valence-electron chi connectivity index (χ3n) is 6.77. The second-order valence-electron chi connectivity index (χ2n) is 9.13. The number of nitrogens with zero attached hydrogens (tertiary/aromatic N) is 2. The number of hydrogen-bond acceptors (Lipinski definition) is 7. The number of pyridine rings is 1. The zero-order valence-electron chi connectivity index (χ0n) is 22.4. The first-order valence-corrected chi connectivity index (χ1v) is 13.4. The van der Waals surface area contributed by atoms with Crippen LogP contribution in [0, 0.1) is 0 Å². The summed E-state index contributed by atoms with van der Waals surface area (Å²) in [6.45, 7) is 10.0. The summed E-state index contributed by atoms with van der Waals surface area (Å²) in [5.74, 6) is 0.693. The molecular weight excluding hydrogens is 470 g/mol. The standard InChI is InChI=1S/C26H35N5O4.C2H6/c1-3-35-24-21(8-11-27-25(24)30-20-9-12-31(13-10-20)17(2)32)26(34)29-16-23(33)22-14-18-6-4-5-7-19(18)15-28-22;1-2/h4-8,11,20,22-23,28,33H,3,9-10,12-16H2,1-2H3,(H,27,30)(H,29,34);1-2H3/t22-,23?;/m0./s1. The fourth-order valence-corrected chi connectivity index (χ4v) is 4.74. The lowest BCUT2D eigenvalue weighted by molar-refractivity contribution is -0.129. The number of aromatic nitrogens is 1. The molecule has 0 bridgehead atoms. The maximum atomic E-state index is 13.1. The average Bonchev–Trinajstić information content (AvgIpc) is 2.93. The van der Waals surface area contributed by atoms with E-state index >= 15 is 0 Å². The molecule has 9 heteroatoms. The number of aliphatic hydroxyl groups excluding tert-OH is 1. The van der Waals surface area contributed by atoms with Gasteiger partial charge in [-0.2, -0.15) is 0 Å². The van der Waals surface area contributed by atoms with Crippen molar-refractivity contribution in [1.82, 2.24) is 20.5 Å². The van der Waals surface area contributed by atoms with Crippen LogP contribution in [0.5, 0.6) is 5.75 Å². The Kier molecular flexibility index (Phi) is 10.7. The van der Waals surface area contributed by atoms with E-state index in [9.17, 15) is 14.7 Å². The molecule has 2 amide bonds. The summed E-state index contributed by atoms with van der Waals surface area (Å²) >= 11 is 0. The molecule has 1 fully saturated rings. The van der Waals surface area contributed by atoms with Gasteiger partial charge in [0.15, 0.2) is 11.6 Å². The number of piperidine rings is 1. The normalized spacial score (nSPS) is 18.1. The number of benzene rings is 1. The van der Waals surface area contributed by atoms with E-state index in [4.69, 9.17) is 4.74 Å². The molecule has 9 nitrogen and oxygen atoms in total. The van der Waals surface area contributed by atoms with Crippen molar-refractivity contribution in [1.29, 1.82) is 0 Å². The third-order valence-corrected chi connectivity index (χ3v) is 6.77. The Labute approximate surface area is 220 Å². The van der Waals surface area contributed by atoms with Crippen LogP contribution < -0.4 is 20.7 Å². The van der Waals surface area contributed by atoms with Gasteiger partial charge in [0.1, 0.15) is 0 Å². The maximum Gasteiger partial charge on any atom is 0.255 e. The van der Waals surface area contributed by atoms with Crippen molar-refractivity contribution < 1.29 is 19.4 Å². The topological polar surface area (TPSA) is 116 Å². The number of nitrogens with one attached hydrogen (secondary N) is 3. The summed E-state index contributed by atoms with van der Waals surface area (Å²) in [5.41, 5.74) is 2.84. The summed E-state index contributed by atoms with van der Waals surface area (Å²) in [4.78, 5) is 30.9. The molecule has 0 aliphatic carbocycles. The average molecular weight is 512 g/mol. The van der Waals surface area contributed by atoms with Gasteiger partial charge in [0.05, 0.1) is 18.3 Å². The predicted molar refractivity (Wildman–Crippen MR) is 145 cm³/mol. The Balaban J connectivity index is 0.00000186. The zero-order valence-corrected chi connectivity index (χ0v) is 22.4. The number of likely N-dealkylation sites (tertiary alicyclic amines) is 1. The number of amides is 2. The van der Waals surface area contributed by atoms with E-state index in [-0.39, 0.29) is 30.4 Å². The molecule has 3 heterocycles. The summed E-state index contributed by atoms with van der Waals surface area (Å²) in [6.07, 6.45) is 3.16. The Morgan fingerprint density at radius 2 is 1.89 bits per heavy atom. The summed E-state index contributed by atoms with van der Waals surface area (Å²) in [6, 6.07) is 9.82. The number of carbonyl (C=O) groups excluding carboxylic acids is 2. The molecule has 1 aromatic heterocycles. The minimum atomic E-state index is -0.728. The fraction of sp³-hybridized carbons (Fsp3) is 0.536. The summed E-state index contributed by atoms with van der Waals surface area (Å²) < 4.78 is 5.83. The van der Waals surface area contributed by atoms with Crippen LogP contribution in [0.15, 0.2) is 36.5 Å². The van der Waals surface area contributed by atoms with E-state index in [2.05, 4.69) is 33.1 Å². The largest absolute Gasteiger partial charge is 0.489 e. The number of ether oxygens (including phenoxy) is 1. The lowest BCUT2D eigenvalue weighted by Gasteiger charge is -2.32. The minimum Gasteiger partial charge on any atom is -0.489 e. The molecule has 0 radical (unpaired) electrons. The molecule has 2 aliphatic rings. The molecule has 4 rings (SSSR count). The van der Waals surface area contributed by atoms with Crippen LogP contribution in [-0.2, 0) is 17.8 Å². The molecule has 2 aromatic rings. The molecule has 0 saturated carbocycles. The first-order valence-electron chi connectivity index (χ1n) is 13.4. The highest BCUT2D eigenvalue weighted by Crippen LogP contribution is 2.29. The molecule has 1 saturated heterocycles. The van der Waals surface area contributed by atoms with E-state index in [0.29, 0.717) is 49.8 Å². The Morgan fingerprint density at radius 3 is 2.57 bits per heavy atom. The lowest BCUT2D eigenvalue weighted by Crippen LogP contribution is -2.49. The van der Waals surface area contributed by atoms with Crippen molar-refractivity contribution in [3.8, 4) is 5.75 Å². The smallest absolute Gasteiger partial charge is 0.255 e. The SMILES string of the molecule is CC.CCOc1c(C(=O)NCC(O)[C@@H]2Cc3ccccc3CN2)ccnc1NC1CCN(C(C)=O)CC1. The Hall–Kier alpha value is -3.17. The van der Waals surface area contributed by atoms with Crippen LogP contribution in [0.25, 0.3) is 0 Å². The number of carbonyl (C=O) groups is 2. The van der Waals surface area contributed by atoms with Gasteiger partial charge in [-0.3, -0.25) is 9.59 Å². The van der Waals surface area contributed by atoms with Crippen molar-refractivity contribution in [2.75, 3.05) is 31.6 Å². The number of aliphatic hydroxyl groups is 1. The van der Waals surface area contributed by atoms with E-state index in [1.165, 1.54) is 11.1 Å². The minimum absolute atomic E-state index is 0.0880. The highest BCUT2D eigenvalue weighted by Gasteiger charge is 2.27. The fourth-order valence-electron chi connectivity index (χ4n) is 4.74. The Morgan fingerprint density at radius 1 is 1.19 bits per heavy atom. The van der Waals surface area contributed by atoms with Gasteiger partial charge in [-0.25, -0.2) is 4.98 Å². The number of hydrogen-bond donors (Lipinski definition) is 4. The second-order valence-corrected chi connectivity index (χ2v) is 9.13. The quantitative estimate of drug-likeness (QED) is 0.431. The van der Waals surface area contributed by atoms with Gasteiger partial charge >= 0.3 is 0 Å². The molecule has 2 atom stereocenters. The third kappa shape index (κ3) is 7.42. The predicted octanol–water partition coefficient (Wildman–Crippen LogP) is 2.73. The van der Waals surface area contributed by atoms with Crippen LogP contribution in [-0.4, -0.2) is 71.2 Å². The van der Waals surface area contributed by atoms with Crippen LogP contribution in [0.2, 0.25) is 0 Å². The number of fused-ring (bicyclic) bond motifs is 1. The molecule has 37 heavy (non-hydrogen) atoms. The maximum absolute atomic E-state index is 13.1. The van der Waals surface area contributed by atoms with Gasteiger partial charge in [-0.05, 0) is 43.4 Å². The molecule has 1 aromatic carbocycles. The first-order chi connectivity index (χ1) is 18.0. The van der Waals surface area contributed by atoms with E-state index < -0.39 is 6.10 Å². The summed E-state index contributed by atoms with van der Waals surface area (Å²) in [7, 11) is 0. The van der Waals surface area contributed by atoms with Crippen molar-refractivity contribution in [3.63, 3.8) is 0 Å². The monoisotopic (exact) mass is 511 g/mol. The van der Waals surface area contributed by atoms with Crippen LogP contribution >= 0.6 is 0 Å². The summed E-state index contributed by atoms with van der Waals surface area (Å²) in [5, 5.41) is 20.4. The Bertz CT molecular complexity index is 1040. The van der Waals surface area contributed by atoms with Crippen molar-refractivity contribution >= 4 is 17.6 Å². The van der Waals surface area contributed by atoms with E-state index in [1.54, 1.807) is 19.2 Å². The van der Waals surface area contributed by atoms with Gasteiger partial charge in [-0.15, -0.1) is 0 Å². The van der Waals surface area contributed by atoms with Gasteiger partial charge < -0.3 is 30.7 Å². The molecule has 202 valence electrons. The van der Waals surface area contributed by atoms with Gasteiger partial charge in [-0.1, -0.05) is 38.1 Å². The highest BCUT2D eigenvalue weighted by molar-refractivity contribution is 5.98. The van der Waals surface area contributed by atoms with Gasteiger partial charge in [0.2, 0.25) is 5.91 Å². The molecule has 4 N–H and O–H groups in total. The number of rotatable bonds is 8. The molecule has 0 spiro atoms. The van der Waals surface area contributed by atoms with Crippen molar-refractivity contribution in [2.24, 2.45) is 0 Å². The van der Waals surface area contributed by atoms with E-state index in [0.717, 1.165) is 12.8 Å². The van der Waals surface area contributed by atoms with Gasteiger partial charge in [0, 0.05) is 51.4 Å². The first kappa shape index (κ1) is 28.4. The molecule has 2 aliphatic heterocycles. The van der Waals surface area contributed by atoms with Crippen molar-refractivity contribution in [3.05, 3.63) is 53.2 Å². The highest BCUT2D eigenvalue weighted by atomic mass is 16.5. The second kappa shape index (κ2) is 13.9. The zero-order chi connectivity index (χ0) is 26.8. The van der Waals surface area contributed by atoms with Gasteiger partial charge in [0.25, 0.3) is 5.91 Å². The number of anilines is 1. The van der Waals surface area contributed by atoms with Crippen LogP contribution in [0.1, 0.15) is 62.0 Å². The molecule has 1 unspecified atom stereocenters.